The molecule has 1 aliphatic rings. The number of hydrogen-bond acceptors (Lipinski definition) is 6. The Morgan fingerprint density at radius 2 is 1.93 bits per heavy atom. The van der Waals surface area contributed by atoms with Crippen molar-refractivity contribution in [3.63, 3.8) is 0 Å². The summed E-state index contributed by atoms with van der Waals surface area (Å²) in [4.78, 5) is 16.7. The van der Waals surface area contributed by atoms with Crippen LogP contribution in [0.25, 0.3) is 0 Å². The van der Waals surface area contributed by atoms with Gasteiger partial charge in [-0.1, -0.05) is 12.1 Å². The number of tetrazole rings is 1. The van der Waals surface area contributed by atoms with E-state index in [0.29, 0.717) is 25.3 Å². The highest BCUT2D eigenvalue weighted by atomic mass is 16.5. The molecule has 0 bridgehead atoms. The first-order chi connectivity index (χ1) is 13.7. The monoisotopic (exact) mass is 378 g/mol. The second-order valence-corrected chi connectivity index (χ2v) is 7.02. The van der Waals surface area contributed by atoms with Crippen LogP contribution in [-0.4, -0.2) is 50.4 Å². The Morgan fingerprint density at radius 1 is 1.14 bits per heavy atom. The second kappa shape index (κ2) is 8.26. The minimum Gasteiger partial charge on any atom is -0.379 e. The molecule has 1 fully saturated rings. The molecule has 0 unspecified atom stereocenters. The first-order valence-corrected chi connectivity index (χ1v) is 9.28. The van der Waals surface area contributed by atoms with Crippen molar-refractivity contribution >= 4 is 5.91 Å². The number of rotatable bonds is 6. The normalized spacial score (nSPS) is 18.9. The number of amides is 1. The maximum Gasteiger partial charge on any atom is 0.251 e. The van der Waals surface area contributed by atoms with E-state index in [4.69, 9.17) is 4.74 Å². The van der Waals surface area contributed by atoms with Crippen molar-refractivity contribution in [2.45, 2.75) is 25.9 Å². The summed E-state index contributed by atoms with van der Waals surface area (Å²) in [6.45, 7) is 3.62. The third-order valence-electron chi connectivity index (χ3n) is 5.02. The molecule has 1 aromatic carbocycles. The van der Waals surface area contributed by atoms with Gasteiger partial charge in [0.05, 0.1) is 25.8 Å². The van der Waals surface area contributed by atoms with E-state index in [0.717, 1.165) is 17.8 Å². The van der Waals surface area contributed by atoms with Gasteiger partial charge in [-0.25, -0.2) is 4.68 Å². The summed E-state index contributed by atoms with van der Waals surface area (Å²) in [5.41, 5.74) is 2.87. The topological polar surface area (TPSA) is 94.8 Å². The molecule has 8 nitrogen and oxygen atoms in total. The maximum atomic E-state index is 12.7. The molecular formula is C20H22N6O2. The van der Waals surface area contributed by atoms with Crippen LogP contribution in [0.2, 0.25) is 0 Å². The van der Waals surface area contributed by atoms with E-state index >= 15 is 0 Å². The molecule has 1 amide bonds. The van der Waals surface area contributed by atoms with Crippen LogP contribution in [-0.2, 0) is 17.7 Å². The molecule has 2 atom stereocenters. The summed E-state index contributed by atoms with van der Waals surface area (Å²) >= 11 is 0. The predicted molar refractivity (Wildman–Crippen MR) is 102 cm³/mol. The second-order valence-electron chi connectivity index (χ2n) is 7.02. The summed E-state index contributed by atoms with van der Waals surface area (Å²) in [5.74, 6) is 0.928. The van der Waals surface area contributed by atoms with Gasteiger partial charge in [-0.2, -0.15) is 0 Å². The third kappa shape index (κ3) is 4.23. The van der Waals surface area contributed by atoms with Crippen molar-refractivity contribution < 1.29 is 9.53 Å². The number of nitrogens with zero attached hydrogens (tertiary/aromatic N) is 5. The number of hydrogen-bond donors (Lipinski definition) is 1. The van der Waals surface area contributed by atoms with E-state index in [1.165, 1.54) is 5.56 Å². The molecule has 0 spiro atoms. The molecule has 0 radical (unpaired) electrons. The van der Waals surface area contributed by atoms with Gasteiger partial charge in [0, 0.05) is 23.9 Å². The minimum atomic E-state index is -0.0830. The summed E-state index contributed by atoms with van der Waals surface area (Å²) < 4.78 is 7.33. The predicted octanol–water partition coefficient (Wildman–Crippen LogP) is 1.41. The number of nitrogens with one attached hydrogen (secondary N) is 1. The highest BCUT2D eigenvalue weighted by Crippen LogP contribution is 2.19. The summed E-state index contributed by atoms with van der Waals surface area (Å²) in [6, 6.07) is 11.5. The van der Waals surface area contributed by atoms with E-state index in [2.05, 4.69) is 25.8 Å². The lowest BCUT2D eigenvalue weighted by Gasteiger charge is -2.19. The van der Waals surface area contributed by atoms with Crippen LogP contribution in [0.15, 0.2) is 48.8 Å². The standard InChI is InChI=1S/C20H22N6O2/c1-14-23-24-25-26(14)11-16-2-4-17(5-3-16)20(27)22-19-13-28-12-18(19)10-15-6-8-21-9-7-15/h2-9,18-19H,10-13H2,1H3,(H,22,27)/t18-,19+/m1/s1. The van der Waals surface area contributed by atoms with Crippen LogP contribution in [0.4, 0.5) is 0 Å². The molecule has 2 aromatic heterocycles. The van der Waals surface area contributed by atoms with Crippen LogP contribution in [0.1, 0.15) is 27.3 Å². The van der Waals surface area contributed by atoms with E-state index in [-0.39, 0.29) is 17.9 Å². The lowest BCUT2D eigenvalue weighted by Crippen LogP contribution is -2.40. The van der Waals surface area contributed by atoms with E-state index in [1.807, 2.05) is 43.3 Å². The lowest BCUT2D eigenvalue weighted by atomic mass is 9.95. The molecule has 1 N–H and O–H groups in total. The molecule has 3 aromatic rings. The molecular weight excluding hydrogens is 356 g/mol. The van der Waals surface area contributed by atoms with Crippen LogP contribution < -0.4 is 5.32 Å². The SMILES string of the molecule is Cc1nnnn1Cc1ccc(C(=O)N[C@H]2COC[C@H]2Cc2ccncc2)cc1. The summed E-state index contributed by atoms with van der Waals surface area (Å²) in [7, 11) is 0. The van der Waals surface area contributed by atoms with Crippen LogP contribution in [0.5, 0.6) is 0 Å². The van der Waals surface area contributed by atoms with Crippen LogP contribution in [0, 0.1) is 12.8 Å². The molecule has 1 saturated heterocycles. The molecule has 8 heteroatoms. The van der Waals surface area contributed by atoms with Gasteiger partial charge < -0.3 is 10.1 Å². The van der Waals surface area contributed by atoms with Crippen molar-refractivity contribution in [3.8, 4) is 0 Å². The Bertz CT molecular complexity index is 925. The van der Waals surface area contributed by atoms with Crippen LogP contribution in [0.3, 0.4) is 0 Å². The molecule has 144 valence electrons. The number of ether oxygens (including phenoxy) is 1. The van der Waals surface area contributed by atoms with E-state index < -0.39 is 0 Å². The molecule has 28 heavy (non-hydrogen) atoms. The third-order valence-corrected chi connectivity index (χ3v) is 5.02. The Morgan fingerprint density at radius 3 is 2.64 bits per heavy atom. The van der Waals surface area contributed by atoms with Gasteiger partial charge in [-0.05, 0) is 59.2 Å². The Hall–Kier alpha value is -3.13. The molecule has 4 rings (SSSR count). The fourth-order valence-corrected chi connectivity index (χ4v) is 3.36. The molecule has 0 aliphatic carbocycles. The molecule has 0 saturated carbocycles. The van der Waals surface area contributed by atoms with Crippen molar-refractivity contribution in [2.24, 2.45) is 5.92 Å². The zero-order chi connectivity index (χ0) is 19.3. The average molecular weight is 378 g/mol. The molecule has 3 heterocycles. The van der Waals surface area contributed by atoms with Gasteiger partial charge in [-0.15, -0.1) is 5.10 Å². The van der Waals surface area contributed by atoms with Gasteiger partial charge >= 0.3 is 0 Å². The largest absolute Gasteiger partial charge is 0.379 e. The van der Waals surface area contributed by atoms with Gasteiger partial charge in [0.2, 0.25) is 0 Å². The zero-order valence-electron chi connectivity index (χ0n) is 15.7. The zero-order valence-corrected chi connectivity index (χ0v) is 15.7. The maximum absolute atomic E-state index is 12.7. The fourth-order valence-electron chi connectivity index (χ4n) is 3.36. The first-order valence-electron chi connectivity index (χ1n) is 9.28. The quantitative estimate of drug-likeness (QED) is 0.697. The number of aryl methyl sites for hydroxylation is 1. The van der Waals surface area contributed by atoms with Gasteiger partial charge in [0.25, 0.3) is 5.91 Å². The lowest BCUT2D eigenvalue weighted by molar-refractivity contribution is 0.0925. The number of carbonyl (C=O) groups is 1. The Balaban J connectivity index is 1.37. The van der Waals surface area contributed by atoms with E-state index in [1.54, 1.807) is 17.1 Å². The first kappa shape index (κ1) is 18.2. The number of benzene rings is 1. The number of pyridine rings is 1. The highest BCUT2D eigenvalue weighted by Gasteiger charge is 2.29. The minimum absolute atomic E-state index is 0.00390. The van der Waals surface area contributed by atoms with Crippen molar-refractivity contribution in [3.05, 3.63) is 71.3 Å². The summed E-state index contributed by atoms with van der Waals surface area (Å²) in [5, 5.41) is 14.6. The van der Waals surface area contributed by atoms with E-state index in [9.17, 15) is 4.79 Å². The molecule has 1 aliphatic heterocycles. The average Bonchev–Trinajstić information content (AvgIpc) is 3.32. The Kier molecular flexibility index (Phi) is 5.38. The van der Waals surface area contributed by atoms with Crippen molar-refractivity contribution in [1.29, 1.82) is 0 Å². The van der Waals surface area contributed by atoms with Crippen molar-refractivity contribution in [1.82, 2.24) is 30.5 Å². The van der Waals surface area contributed by atoms with Crippen LogP contribution >= 0.6 is 0 Å². The fraction of sp³-hybridized carbons (Fsp3) is 0.350. The summed E-state index contributed by atoms with van der Waals surface area (Å²) in [6.07, 6.45) is 4.44. The number of aromatic nitrogens is 5. The Labute approximate surface area is 162 Å². The van der Waals surface area contributed by atoms with Crippen molar-refractivity contribution in [2.75, 3.05) is 13.2 Å². The van der Waals surface area contributed by atoms with Gasteiger partial charge in [0.1, 0.15) is 5.82 Å². The smallest absolute Gasteiger partial charge is 0.251 e. The van der Waals surface area contributed by atoms with Gasteiger partial charge in [-0.3, -0.25) is 9.78 Å². The van der Waals surface area contributed by atoms with Gasteiger partial charge in [0.15, 0.2) is 0 Å². The number of carbonyl (C=O) groups excluding carboxylic acids is 1. The highest BCUT2D eigenvalue weighted by molar-refractivity contribution is 5.94.